The lowest BCUT2D eigenvalue weighted by Crippen LogP contribution is -2.51. The molecule has 0 saturated carbocycles. The maximum absolute atomic E-state index is 11.9. The van der Waals surface area contributed by atoms with E-state index in [-0.39, 0.29) is 12.3 Å². The van der Waals surface area contributed by atoms with Crippen molar-refractivity contribution >= 4 is 11.9 Å². The smallest absolute Gasteiger partial charge is 0.306 e. The number of amides is 1. The van der Waals surface area contributed by atoms with Gasteiger partial charge in [0.05, 0.1) is 25.2 Å². The number of rotatable bonds is 5. The molecule has 98 valence electrons. The van der Waals surface area contributed by atoms with Gasteiger partial charge in [-0.15, -0.1) is 0 Å². The van der Waals surface area contributed by atoms with Gasteiger partial charge in [-0.1, -0.05) is 13.3 Å². The number of hydrogen-bond donors (Lipinski definition) is 2. The van der Waals surface area contributed by atoms with E-state index >= 15 is 0 Å². The van der Waals surface area contributed by atoms with E-state index in [1.165, 1.54) is 0 Å². The Balaban J connectivity index is 2.48. The van der Waals surface area contributed by atoms with Crippen LogP contribution in [0.15, 0.2) is 0 Å². The highest BCUT2D eigenvalue weighted by molar-refractivity contribution is 5.81. The van der Waals surface area contributed by atoms with Crippen LogP contribution in [0.5, 0.6) is 0 Å². The molecule has 1 aliphatic heterocycles. The van der Waals surface area contributed by atoms with Crippen molar-refractivity contribution in [2.75, 3.05) is 19.7 Å². The Morgan fingerprint density at radius 1 is 1.59 bits per heavy atom. The van der Waals surface area contributed by atoms with Gasteiger partial charge in [0.2, 0.25) is 5.91 Å². The second-order valence-corrected chi connectivity index (χ2v) is 4.27. The molecule has 0 radical (unpaired) electrons. The maximum atomic E-state index is 11.9. The minimum Gasteiger partial charge on any atom is -0.481 e. The summed E-state index contributed by atoms with van der Waals surface area (Å²) in [6.07, 6.45) is 1.02. The lowest BCUT2D eigenvalue weighted by atomic mass is 10.1. The Labute approximate surface area is 101 Å². The molecule has 17 heavy (non-hydrogen) atoms. The van der Waals surface area contributed by atoms with Crippen molar-refractivity contribution in [1.82, 2.24) is 4.90 Å². The van der Waals surface area contributed by atoms with Crippen LogP contribution in [0.3, 0.4) is 0 Å². The van der Waals surface area contributed by atoms with Gasteiger partial charge in [-0.3, -0.25) is 9.59 Å². The number of ether oxygens (including phenoxy) is 1. The normalized spacial score (nSPS) is 22.2. The summed E-state index contributed by atoms with van der Waals surface area (Å²) in [6, 6.07) is -0.483. The molecule has 0 spiro atoms. The average Bonchev–Trinajstić information content (AvgIpc) is 2.28. The zero-order valence-corrected chi connectivity index (χ0v) is 10.1. The highest BCUT2D eigenvalue weighted by atomic mass is 16.5. The average molecular weight is 244 g/mol. The Morgan fingerprint density at radius 3 is 2.88 bits per heavy atom. The van der Waals surface area contributed by atoms with Crippen molar-refractivity contribution in [3.05, 3.63) is 0 Å². The lowest BCUT2D eigenvalue weighted by molar-refractivity contribution is -0.148. The second kappa shape index (κ2) is 6.56. The largest absolute Gasteiger partial charge is 0.481 e. The van der Waals surface area contributed by atoms with Crippen LogP contribution in [0.1, 0.15) is 26.2 Å². The molecule has 2 unspecified atom stereocenters. The number of carbonyl (C=O) groups is 2. The molecule has 6 nitrogen and oxygen atoms in total. The molecule has 1 fully saturated rings. The summed E-state index contributed by atoms with van der Waals surface area (Å²) in [5.41, 5.74) is 5.76. The van der Waals surface area contributed by atoms with E-state index in [0.717, 1.165) is 6.42 Å². The summed E-state index contributed by atoms with van der Waals surface area (Å²) in [7, 11) is 0. The molecule has 0 aromatic heterocycles. The summed E-state index contributed by atoms with van der Waals surface area (Å²) in [5, 5.41) is 8.68. The van der Waals surface area contributed by atoms with E-state index in [0.29, 0.717) is 26.1 Å². The minimum absolute atomic E-state index is 0.0766. The van der Waals surface area contributed by atoms with Crippen molar-refractivity contribution in [3.63, 3.8) is 0 Å². The van der Waals surface area contributed by atoms with Gasteiger partial charge in [-0.05, 0) is 6.42 Å². The van der Waals surface area contributed by atoms with Gasteiger partial charge in [-0.2, -0.15) is 0 Å². The van der Waals surface area contributed by atoms with Crippen molar-refractivity contribution in [2.24, 2.45) is 5.73 Å². The molecule has 1 amide bonds. The van der Waals surface area contributed by atoms with Gasteiger partial charge < -0.3 is 20.5 Å². The Morgan fingerprint density at radius 2 is 2.29 bits per heavy atom. The molecule has 1 aliphatic rings. The summed E-state index contributed by atoms with van der Waals surface area (Å²) >= 11 is 0. The Hall–Kier alpha value is -1.14. The molecular weight excluding hydrogens is 224 g/mol. The van der Waals surface area contributed by atoms with Crippen molar-refractivity contribution in [3.8, 4) is 0 Å². The van der Waals surface area contributed by atoms with E-state index in [2.05, 4.69) is 0 Å². The summed E-state index contributed by atoms with van der Waals surface area (Å²) in [4.78, 5) is 24.1. The fourth-order valence-electron chi connectivity index (χ4n) is 1.91. The number of carboxylic acid groups (broad SMARTS) is 1. The molecule has 1 heterocycles. The van der Waals surface area contributed by atoms with Crippen molar-refractivity contribution < 1.29 is 19.4 Å². The van der Waals surface area contributed by atoms with Gasteiger partial charge in [0.1, 0.15) is 0 Å². The lowest BCUT2D eigenvalue weighted by Gasteiger charge is -2.33. The number of nitrogens with zero attached hydrogens (tertiary/aromatic N) is 1. The predicted molar refractivity (Wildman–Crippen MR) is 61.5 cm³/mol. The first-order valence-electron chi connectivity index (χ1n) is 5.92. The first-order chi connectivity index (χ1) is 8.04. The summed E-state index contributed by atoms with van der Waals surface area (Å²) in [6.45, 7) is 3.16. The summed E-state index contributed by atoms with van der Waals surface area (Å²) < 4.78 is 5.29. The van der Waals surface area contributed by atoms with Crippen molar-refractivity contribution in [2.45, 2.75) is 38.3 Å². The van der Waals surface area contributed by atoms with Gasteiger partial charge in [0, 0.05) is 13.1 Å². The first-order valence-corrected chi connectivity index (χ1v) is 5.92. The topological polar surface area (TPSA) is 92.9 Å². The molecule has 6 heteroatoms. The Kier molecular flexibility index (Phi) is 5.37. The number of aliphatic carboxylic acids is 1. The van der Waals surface area contributed by atoms with Crippen LogP contribution in [0, 0.1) is 0 Å². The first kappa shape index (κ1) is 13.9. The van der Waals surface area contributed by atoms with Gasteiger partial charge >= 0.3 is 5.97 Å². The number of morpholine rings is 1. The maximum Gasteiger partial charge on any atom is 0.306 e. The van der Waals surface area contributed by atoms with Gasteiger partial charge in [-0.25, -0.2) is 0 Å². The van der Waals surface area contributed by atoms with Crippen LogP contribution in [-0.4, -0.2) is 53.7 Å². The molecule has 2 atom stereocenters. The number of nitrogens with two attached hydrogens (primary N) is 1. The van der Waals surface area contributed by atoms with E-state index in [4.69, 9.17) is 15.6 Å². The minimum atomic E-state index is -0.915. The van der Waals surface area contributed by atoms with Crippen LogP contribution >= 0.6 is 0 Å². The number of carbonyl (C=O) groups excluding carboxylic acids is 1. The number of carboxylic acids is 1. The zero-order valence-electron chi connectivity index (χ0n) is 10.1. The van der Waals surface area contributed by atoms with Crippen LogP contribution in [-0.2, 0) is 14.3 Å². The monoisotopic (exact) mass is 244 g/mol. The Bertz CT molecular complexity index is 283. The molecule has 0 aromatic rings. The van der Waals surface area contributed by atoms with Crippen LogP contribution in [0.2, 0.25) is 0 Å². The fraction of sp³-hybridized carbons (Fsp3) is 0.818. The van der Waals surface area contributed by atoms with Crippen LogP contribution in [0.4, 0.5) is 0 Å². The molecule has 1 rings (SSSR count). The molecule has 3 N–H and O–H groups in total. The predicted octanol–water partition coefficient (Wildman–Crippen LogP) is -0.184. The molecular formula is C11H20N2O4. The van der Waals surface area contributed by atoms with Crippen LogP contribution in [0.25, 0.3) is 0 Å². The standard InChI is InChI=1S/C11H20N2O4/c1-2-3-9(12)11(16)13-4-5-17-8(7-13)6-10(14)15/h8-9H,2-7,12H2,1H3,(H,14,15). The second-order valence-electron chi connectivity index (χ2n) is 4.27. The third kappa shape index (κ3) is 4.32. The molecule has 0 bridgehead atoms. The quantitative estimate of drug-likeness (QED) is 0.699. The molecule has 0 aromatic carbocycles. The van der Waals surface area contributed by atoms with E-state index in [1.54, 1.807) is 4.90 Å². The molecule has 0 aliphatic carbocycles. The van der Waals surface area contributed by atoms with Gasteiger partial charge in [0.15, 0.2) is 0 Å². The van der Waals surface area contributed by atoms with E-state index in [1.807, 2.05) is 6.92 Å². The highest BCUT2D eigenvalue weighted by Crippen LogP contribution is 2.10. The van der Waals surface area contributed by atoms with Gasteiger partial charge in [0.25, 0.3) is 0 Å². The zero-order chi connectivity index (χ0) is 12.8. The van der Waals surface area contributed by atoms with Crippen LogP contribution < -0.4 is 5.73 Å². The number of hydrogen-bond acceptors (Lipinski definition) is 4. The van der Waals surface area contributed by atoms with E-state index in [9.17, 15) is 9.59 Å². The third-order valence-corrected chi connectivity index (χ3v) is 2.77. The SMILES string of the molecule is CCCC(N)C(=O)N1CCOC(CC(=O)O)C1. The fourth-order valence-corrected chi connectivity index (χ4v) is 1.91. The van der Waals surface area contributed by atoms with E-state index < -0.39 is 18.1 Å². The highest BCUT2D eigenvalue weighted by Gasteiger charge is 2.28. The molecule has 1 saturated heterocycles. The third-order valence-electron chi connectivity index (χ3n) is 2.77. The summed E-state index contributed by atoms with van der Waals surface area (Å²) in [5.74, 6) is -1.02. The van der Waals surface area contributed by atoms with Crippen molar-refractivity contribution in [1.29, 1.82) is 0 Å².